The van der Waals surface area contributed by atoms with Gasteiger partial charge in [-0.25, -0.2) is 4.99 Å². The lowest BCUT2D eigenvalue weighted by atomic mass is 10.1. The first-order chi connectivity index (χ1) is 8.31. The molecule has 0 atom stereocenters. The number of hydrogen-bond donors (Lipinski definition) is 1. The van der Waals surface area contributed by atoms with Gasteiger partial charge in [0.2, 0.25) is 0 Å². The van der Waals surface area contributed by atoms with Crippen molar-refractivity contribution in [3.8, 4) is 11.8 Å². The SMILES string of the molecule is N#C/C(=N\c1ccccc1)c1ccncc1O. The molecule has 4 heteroatoms. The van der Waals surface area contributed by atoms with Gasteiger partial charge in [-0.15, -0.1) is 0 Å². The van der Waals surface area contributed by atoms with Crippen LogP contribution in [-0.2, 0) is 0 Å². The number of pyridine rings is 1. The average molecular weight is 223 g/mol. The van der Waals surface area contributed by atoms with E-state index in [2.05, 4.69) is 9.98 Å². The second-order valence-electron chi connectivity index (χ2n) is 3.30. The van der Waals surface area contributed by atoms with E-state index >= 15 is 0 Å². The van der Waals surface area contributed by atoms with Crippen LogP contribution >= 0.6 is 0 Å². The second kappa shape index (κ2) is 4.90. The molecule has 0 aliphatic carbocycles. The van der Waals surface area contributed by atoms with Crippen LogP contribution in [0.4, 0.5) is 5.69 Å². The van der Waals surface area contributed by atoms with Gasteiger partial charge in [-0.3, -0.25) is 4.98 Å². The molecule has 0 aliphatic rings. The number of nitriles is 1. The Bertz CT molecular complexity index is 585. The first kappa shape index (κ1) is 10.8. The van der Waals surface area contributed by atoms with Gasteiger partial charge in [-0.05, 0) is 18.2 Å². The molecule has 4 nitrogen and oxygen atoms in total. The van der Waals surface area contributed by atoms with Crippen LogP contribution in [0.2, 0.25) is 0 Å². The minimum Gasteiger partial charge on any atom is -0.506 e. The molecule has 0 saturated carbocycles. The van der Waals surface area contributed by atoms with E-state index in [4.69, 9.17) is 5.26 Å². The number of para-hydroxylation sites is 1. The zero-order valence-corrected chi connectivity index (χ0v) is 8.91. The Balaban J connectivity index is 2.46. The standard InChI is InChI=1S/C13H9N3O/c14-8-12(11-6-7-15-9-13(11)17)16-10-4-2-1-3-5-10/h1-7,9,17H/b16-12+. The molecule has 1 aromatic carbocycles. The molecule has 0 unspecified atom stereocenters. The molecular formula is C13H9N3O. The number of hydrogen-bond acceptors (Lipinski definition) is 4. The maximum Gasteiger partial charge on any atom is 0.152 e. The van der Waals surface area contributed by atoms with Gasteiger partial charge in [0.25, 0.3) is 0 Å². The van der Waals surface area contributed by atoms with Crippen molar-refractivity contribution in [3.05, 3.63) is 54.4 Å². The molecule has 0 saturated heterocycles. The maximum absolute atomic E-state index is 9.60. The predicted octanol–water partition coefficient (Wildman–Crippen LogP) is 2.43. The fourth-order valence-electron chi connectivity index (χ4n) is 1.36. The average Bonchev–Trinajstić information content (AvgIpc) is 2.38. The Kier molecular flexibility index (Phi) is 3.13. The summed E-state index contributed by atoms with van der Waals surface area (Å²) in [5.41, 5.74) is 1.21. The number of aromatic hydroxyl groups is 1. The van der Waals surface area contributed by atoms with Gasteiger partial charge < -0.3 is 5.11 Å². The van der Waals surface area contributed by atoms with Gasteiger partial charge in [-0.1, -0.05) is 18.2 Å². The summed E-state index contributed by atoms with van der Waals surface area (Å²) in [5.74, 6) is -0.0521. The van der Waals surface area contributed by atoms with Crippen LogP contribution in [0.15, 0.2) is 53.8 Å². The Morgan fingerprint density at radius 1 is 1.24 bits per heavy atom. The molecule has 2 aromatic rings. The molecule has 17 heavy (non-hydrogen) atoms. The first-order valence-corrected chi connectivity index (χ1v) is 4.98. The zero-order valence-electron chi connectivity index (χ0n) is 8.91. The smallest absolute Gasteiger partial charge is 0.152 e. The normalized spacial score (nSPS) is 10.9. The van der Waals surface area contributed by atoms with Crippen molar-refractivity contribution in [2.75, 3.05) is 0 Å². The lowest BCUT2D eigenvalue weighted by Crippen LogP contribution is -1.97. The van der Waals surface area contributed by atoms with Crippen LogP contribution < -0.4 is 0 Å². The minimum atomic E-state index is -0.0521. The lowest BCUT2D eigenvalue weighted by molar-refractivity contribution is 0.471. The largest absolute Gasteiger partial charge is 0.506 e. The van der Waals surface area contributed by atoms with Crippen molar-refractivity contribution >= 4 is 11.4 Å². The highest BCUT2D eigenvalue weighted by Crippen LogP contribution is 2.18. The fourth-order valence-corrected chi connectivity index (χ4v) is 1.36. The summed E-state index contributed by atoms with van der Waals surface area (Å²) in [6, 6.07) is 12.6. The minimum absolute atomic E-state index is 0.0521. The van der Waals surface area contributed by atoms with Gasteiger partial charge >= 0.3 is 0 Å². The summed E-state index contributed by atoms with van der Waals surface area (Å²) in [6.07, 6.45) is 2.79. The van der Waals surface area contributed by atoms with Crippen molar-refractivity contribution in [1.82, 2.24) is 4.98 Å². The molecule has 1 aromatic heterocycles. The zero-order chi connectivity index (χ0) is 12.1. The molecule has 0 fully saturated rings. The highest BCUT2D eigenvalue weighted by Gasteiger charge is 2.07. The predicted molar refractivity (Wildman–Crippen MR) is 64.2 cm³/mol. The van der Waals surface area contributed by atoms with Crippen molar-refractivity contribution in [2.45, 2.75) is 0 Å². The maximum atomic E-state index is 9.60. The third-order valence-corrected chi connectivity index (χ3v) is 2.16. The van der Waals surface area contributed by atoms with Crippen molar-refractivity contribution in [1.29, 1.82) is 5.26 Å². The molecule has 2 rings (SSSR count). The van der Waals surface area contributed by atoms with Crippen molar-refractivity contribution < 1.29 is 5.11 Å². The highest BCUT2D eigenvalue weighted by molar-refractivity contribution is 6.14. The number of nitrogens with zero attached hydrogens (tertiary/aromatic N) is 3. The van der Waals surface area contributed by atoms with E-state index in [9.17, 15) is 5.11 Å². The van der Waals surface area contributed by atoms with Crippen LogP contribution in [-0.4, -0.2) is 15.8 Å². The molecule has 0 aliphatic heterocycles. The Morgan fingerprint density at radius 3 is 2.65 bits per heavy atom. The summed E-state index contributed by atoms with van der Waals surface area (Å²) in [5, 5.41) is 18.6. The van der Waals surface area contributed by atoms with E-state index in [1.165, 1.54) is 12.4 Å². The topological polar surface area (TPSA) is 69.3 Å². The van der Waals surface area contributed by atoms with Gasteiger partial charge in [0, 0.05) is 6.20 Å². The first-order valence-electron chi connectivity index (χ1n) is 4.98. The molecule has 0 amide bonds. The monoisotopic (exact) mass is 223 g/mol. The Hall–Kier alpha value is -2.67. The third kappa shape index (κ3) is 2.47. The molecule has 82 valence electrons. The molecule has 0 spiro atoms. The van der Waals surface area contributed by atoms with E-state index in [1.807, 2.05) is 24.3 Å². The third-order valence-electron chi connectivity index (χ3n) is 2.16. The molecular weight excluding hydrogens is 214 g/mol. The lowest BCUT2D eigenvalue weighted by Gasteiger charge is -2.00. The van der Waals surface area contributed by atoms with E-state index in [0.717, 1.165) is 0 Å². The fraction of sp³-hybridized carbons (Fsp3) is 0. The summed E-state index contributed by atoms with van der Waals surface area (Å²) < 4.78 is 0. The Morgan fingerprint density at radius 2 is 2.00 bits per heavy atom. The van der Waals surface area contributed by atoms with Gasteiger partial charge in [0.15, 0.2) is 5.71 Å². The molecule has 1 N–H and O–H groups in total. The van der Waals surface area contributed by atoms with Crippen LogP contribution in [0.25, 0.3) is 0 Å². The quantitative estimate of drug-likeness (QED) is 0.795. The van der Waals surface area contributed by atoms with E-state index < -0.39 is 0 Å². The highest BCUT2D eigenvalue weighted by atomic mass is 16.3. The summed E-state index contributed by atoms with van der Waals surface area (Å²) in [4.78, 5) is 7.93. The van der Waals surface area contributed by atoms with Crippen molar-refractivity contribution in [3.63, 3.8) is 0 Å². The Labute approximate surface area is 98.5 Å². The molecule has 0 bridgehead atoms. The summed E-state index contributed by atoms with van der Waals surface area (Å²) >= 11 is 0. The summed E-state index contributed by atoms with van der Waals surface area (Å²) in [6.45, 7) is 0. The van der Waals surface area contributed by atoms with Crippen LogP contribution in [0, 0.1) is 11.3 Å². The van der Waals surface area contributed by atoms with Crippen LogP contribution in [0.3, 0.4) is 0 Å². The molecule has 1 heterocycles. The van der Waals surface area contributed by atoms with E-state index in [1.54, 1.807) is 18.2 Å². The van der Waals surface area contributed by atoms with E-state index in [-0.39, 0.29) is 11.5 Å². The number of aromatic nitrogens is 1. The van der Waals surface area contributed by atoms with Crippen molar-refractivity contribution in [2.24, 2.45) is 4.99 Å². The van der Waals surface area contributed by atoms with E-state index in [0.29, 0.717) is 11.3 Å². The number of rotatable bonds is 2. The second-order valence-corrected chi connectivity index (χ2v) is 3.30. The van der Waals surface area contributed by atoms with Gasteiger partial charge in [-0.2, -0.15) is 5.26 Å². The molecule has 0 radical (unpaired) electrons. The van der Waals surface area contributed by atoms with Crippen LogP contribution in [0.5, 0.6) is 5.75 Å². The summed E-state index contributed by atoms with van der Waals surface area (Å²) in [7, 11) is 0. The number of aliphatic imine (C=N–C) groups is 1. The van der Waals surface area contributed by atoms with Gasteiger partial charge in [0.1, 0.15) is 11.8 Å². The van der Waals surface area contributed by atoms with Gasteiger partial charge in [0.05, 0.1) is 17.4 Å². The number of benzene rings is 1. The van der Waals surface area contributed by atoms with Crippen LogP contribution in [0.1, 0.15) is 5.56 Å².